The van der Waals surface area contributed by atoms with Crippen LogP contribution < -0.4 is 0 Å². The highest BCUT2D eigenvalue weighted by Gasteiger charge is 2.17. The molecule has 3 aromatic rings. The largest absolute Gasteiger partial charge is 0.361 e. The number of benzene rings is 1. The van der Waals surface area contributed by atoms with Gasteiger partial charge in [-0.15, -0.1) is 0 Å². The van der Waals surface area contributed by atoms with Crippen molar-refractivity contribution in [2.45, 2.75) is 13.0 Å². The van der Waals surface area contributed by atoms with Crippen LogP contribution in [0.25, 0.3) is 16.5 Å². The highest BCUT2D eigenvalue weighted by atomic mass is 35.5. The molecule has 0 spiro atoms. The van der Waals surface area contributed by atoms with E-state index in [4.69, 9.17) is 11.6 Å². The lowest BCUT2D eigenvalue weighted by Crippen LogP contribution is -2.29. The summed E-state index contributed by atoms with van der Waals surface area (Å²) in [7, 11) is 1.96. The Hall–Kier alpha value is -2.04. The van der Waals surface area contributed by atoms with Crippen LogP contribution >= 0.6 is 11.6 Å². The molecular weight excluding hydrogens is 308 g/mol. The minimum Gasteiger partial charge on any atom is -0.361 e. The molecule has 1 N–H and O–H groups in total. The van der Waals surface area contributed by atoms with Crippen molar-refractivity contribution < 1.29 is 0 Å². The van der Waals surface area contributed by atoms with Gasteiger partial charge >= 0.3 is 0 Å². The number of halogens is 1. The molecular formula is C18H19ClN4. The predicted molar refractivity (Wildman–Crippen MR) is 94.4 cm³/mol. The molecule has 1 aromatic carbocycles. The normalized spacial score (nSPS) is 16.0. The van der Waals surface area contributed by atoms with Crippen LogP contribution in [-0.4, -0.2) is 32.5 Å². The Balaban J connectivity index is 1.52. The summed E-state index contributed by atoms with van der Waals surface area (Å²) in [4.78, 5) is 10.1. The fourth-order valence-electron chi connectivity index (χ4n) is 3.21. The van der Waals surface area contributed by atoms with Gasteiger partial charge in [0.1, 0.15) is 11.0 Å². The van der Waals surface area contributed by atoms with E-state index in [-0.39, 0.29) is 0 Å². The number of aromatic amines is 1. The van der Waals surface area contributed by atoms with Crippen molar-refractivity contribution in [3.8, 4) is 0 Å². The van der Waals surface area contributed by atoms with Gasteiger partial charge in [-0.05, 0) is 18.1 Å². The van der Waals surface area contributed by atoms with E-state index in [9.17, 15) is 0 Å². The zero-order valence-corrected chi connectivity index (χ0v) is 13.8. The second-order valence-electron chi connectivity index (χ2n) is 6.02. The average molecular weight is 327 g/mol. The Labute approximate surface area is 140 Å². The third-order valence-electron chi connectivity index (χ3n) is 4.62. The molecule has 0 saturated heterocycles. The number of H-pyrrole nitrogens is 1. The number of fused-ring (bicyclic) bond motifs is 1. The molecule has 0 unspecified atom stereocenters. The fraction of sp³-hybridized carbons (Fsp3) is 0.278. The van der Waals surface area contributed by atoms with Gasteiger partial charge in [-0.3, -0.25) is 4.90 Å². The van der Waals surface area contributed by atoms with Gasteiger partial charge in [-0.1, -0.05) is 35.9 Å². The Morgan fingerprint density at radius 1 is 1.30 bits per heavy atom. The first-order chi connectivity index (χ1) is 11.2. The van der Waals surface area contributed by atoms with Crippen molar-refractivity contribution >= 4 is 28.1 Å². The summed E-state index contributed by atoms with van der Waals surface area (Å²) in [5, 5.41) is 2.00. The van der Waals surface area contributed by atoms with Gasteiger partial charge in [0.15, 0.2) is 0 Å². The SMILES string of the molecule is Cn1c(Cl)cnc1CN1CC=C(c2c[nH]c3ccccc23)CC1. The minimum atomic E-state index is 0.687. The molecule has 0 amide bonds. The number of imidazole rings is 1. The molecule has 5 heteroatoms. The Morgan fingerprint density at radius 2 is 2.17 bits per heavy atom. The molecule has 4 rings (SSSR count). The van der Waals surface area contributed by atoms with Crippen molar-refractivity contribution in [2.24, 2.45) is 7.05 Å². The first-order valence-electron chi connectivity index (χ1n) is 7.86. The van der Waals surface area contributed by atoms with Gasteiger partial charge in [-0.2, -0.15) is 0 Å². The molecule has 0 saturated carbocycles. The van der Waals surface area contributed by atoms with Crippen molar-refractivity contribution in [1.29, 1.82) is 0 Å². The standard InChI is InChI=1S/C18H19ClN4/c1-22-17(19)11-21-18(22)12-23-8-6-13(7-9-23)15-10-20-16-5-3-2-4-14(15)16/h2-6,10-11,20H,7-9,12H2,1H3. The van der Waals surface area contributed by atoms with E-state index in [1.807, 2.05) is 11.6 Å². The summed E-state index contributed by atoms with van der Waals surface area (Å²) < 4.78 is 1.94. The van der Waals surface area contributed by atoms with Crippen molar-refractivity contribution in [2.75, 3.05) is 13.1 Å². The molecule has 1 aliphatic rings. The van der Waals surface area contributed by atoms with Gasteiger partial charge in [-0.25, -0.2) is 4.98 Å². The van der Waals surface area contributed by atoms with E-state index in [1.165, 1.54) is 22.0 Å². The molecule has 118 valence electrons. The van der Waals surface area contributed by atoms with Gasteiger partial charge in [0.2, 0.25) is 0 Å². The van der Waals surface area contributed by atoms with E-state index in [2.05, 4.69) is 51.4 Å². The first-order valence-corrected chi connectivity index (χ1v) is 8.24. The van der Waals surface area contributed by atoms with Crippen LogP contribution in [-0.2, 0) is 13.6 Å². The maximum Gasteiger partial charge on any atom is 0.128 e. The van der Waals surface area contributed by atoms with E-state index >= 15 is 0 Å². The van der Waals surface area contributed by atoms with Crippen molar-refractivity contribution in [3.05, 3.63) is 59.3 Å². The summed E-state index contributed by atoms with van der Waals surface area (Å²) in [5.74, 6) is 1.01. The lowest BCUT2D eigenvalue weighted by molar-refractivity contribution is 0.283. The number of nitrogens with one attached hydrogen (secondary N) is 1. The lowest BCUT2D eigenvalue weighted by Gasteiger charge is -2.26. The first kappa shape index (κ1) is 14.5. The zero-order valence-electron chi connectivity index (χ0n) is 13.1. The Bertz CT molecular complexity index is 874. The van der Waals surface area contributed by atoms with Crippen LogP contribution in [0, 0.1) is 0 Å². The molecule has 0 radical (unpaired) electrons. The van der Waals surface area contributed by atoms with E-state index in [0.717, 1.165) is 31.9 Å². The van der Waals surface area contributed by atoms with E-state index in [1.54, 1.807) is 6.20 Å². The van der Waals surface area contributed by atoms with Crippen LogP contribution in [0.3, 0.4) is 0 Å². The monoisotopic (exact) mass is 326 g/mol. The Morgan fingerprint density at radius 3 is 2.91 bits per heavy atom. The summed E-state index contributed by atoms with van der Waals surface area (Å²) in [6, 6.07) is 8.47. The fourth-order valence-corrected chi connectivity index (χ4v) is 3.35. The van der Waals surface area contributed by atoms with Gasteiger partial charge in [0, 0.05) is 42.8 Å². The highest BCUT2D eigenvalue weighted by Crippen LogP contribution is 2.29. The van der Waals surface area contributed by atoms with E-state index < -0.39 is 0 Å². The second kappa shape index (κ2) is 5.87. The molecule has 0 fully saturated rings. The number of hydrogen-bond donors (Lipinski definition) is 1. The molecule has 23 heavy (non-hydrogen) atoms. The summed E-state index contributed by atoms with van der Waals surface area (Å²) >= 11 is 6.06. The number of rotatable bonds is 3. The zero-order chi connectivity index (χ0) is 15.8. The third kappa shape index (κ3) is 2.69. The molecule has 0 aliphatic carbocycles. The van der Waals surface area contributed by atoms with Gasteiger partial charge < -0.3 is 9.55 Å². The van der Waals surface area contributed by atoms with Crippen LogP contribution in [0.15, 0.2) is 42.7 Å². The van der Waals surface area contributed by atoms with Crippen LogP contribution in [0.2, 0.25) is 5.15 Å². The van der Waals surface area contributed by atoms with Crippen molar-refractivity contribution in [1.82, 2.24) is 19.4 Å². The number of hydrogen-bond acceptors (Lipinski definition) is 2. The second-order valence-corrected chi connectivity index (χ2v) is 6.41. The summed E-state index contributed by atoms with van der Waals surface area (Å²) in [6.07, 6.45) is 7.24. The van der Waals surface area contributed by atoms with Crippen LogP contribution in [0.5, 0.6) is 0 Å². The number of nitrogens with zero attached hydrogens (tertiary/aromatic N) is 3. The molecule has 0 atom stereocenters. The maximum absolute atomic E-state index is 6.06. The van der Waals surface area contributed by atoms with E-state index in [0.29, 0.717) is 5.15 Å². The number of para-hydroxylation sites is 1. The lowest BCUT2D eigenvalue weighted by atomic mass is 9.99. The van der Waals surface area contributed by atoms with Gasteiger partial charge in [0.25, 0.3) is 0 Å². The topological polar surface area (TPSA) is 36.9 Å². The molecule has 3 heterocycles. The number of aromatic nitrogens is 3. The summed E-state index contributed by atoms with van der Waals surface area (Å²) in [5.41, 5.74) is 3.96. The van der Waals surface area contributed by atoms with Gasteiger partial charge in [0.05, 0.1) is 12.7 Å². The molecule has 4 nitrogen and oxygen atoms in total. The molecule has 0 bridgehead atoms. The average Bonchev–Trinajstić information content (AvgIpc) is 3.14. The quantitative estimate of drug-likeness (QED) is 0.794. The maximum atomic E-state index is 6.06. The minimum absolute atomic E-state index is 0.687. The molecule has 2 aromatic heterocycles. The Kier molecular flexibility index (Phi) is 3.71. The summed E-state index contributed by atoms with van der Waals surface area (Å²) in [6.45, 7) is 2.82. The molecule has 1 aliphatic heterocycles. The highest BCUT2D eigenvalue weighted by molar-refractivity contribution is 6.29. The van der Waals surface area contributed by atoms with Crippen LogP contribution in [0.1, 0.15) is 17.8 Å². The van der Waals surface area contributed by atoms with Crippen molar-refractivity contribution in [3.63, 3.8) is 0 Å². The third-order valence-corrected chi connectivity index (χ3v) is 4.97. The smallest absolute Gasteiger partial charge is 0.128 e. The van der Waals surface area contributed by atoms with Crippen LogP contribution in [0.4, 0.5) is 0 Å². The predicted octanol–water partition coefficient (Wildman–Crippen LogP) is 3.84.